The molecular weight excluding hydrogens is 288 g/mol. The maximum atomic E-state index is 5.22. The van der Waals surface area contributed by atoms with Crippen molar-refractivity contribution in [1.82, 2.24) is 14.9 Å². The summed E-state index contributed by atoms with van der Waals surface area (Å²) in [5.41, 5.74) is 1.35. The third-order valence-corrected chi connectivity index (χ3v) is 4.46. The zero-order valence-electron chi connectivity index (χ0n) is 13.9. The minimum atomic E-state index is 0.530. The third-order valence-electron chi connectivity index (χ3n) is 4.46. The summed E-state index contributed by atoms with van der Waals surface area (Å²) in [6.45, 7) is 6.37. The molecule has 5 nitrogen and oxygen atoms in total. The second-order valence-corrected chi connectivity index (χ2v) is 5.97. The number of hydrogen-bond acceptors (Lipinski definition) is 5. The minimum absolute atomic E-state index is 0.530. The van der Waals surface area contributed by atoms with Crippen LogP contribution in [0.2, 0.25) is 0 Å². The van der Waals surface area contributed by atoms with Crippen molar-refractivity contribution in [2.75, 3.05) is 38.2 Å². The molecule has 0 unspecified atom stereocenters. The van der Waals surface area contributed by atoms with Gasteiger partial charge < -0.3 is 9.64 Å². The van der Waals surface area contributed by atoms with Crippen molar-refractivity contribution in [1.29, 1.82) is 0 Å². The molecule has 1 aliphatic heterocycles. The van der Waals surface area contributed by atoms with Crippen molar-refractivity contribution in [3.05, 3.63) is 48.3 Å². The molecule has 2 heterocycles. The Morgan fingerprint density at radius 1 is 1.04 bits per heavy atom. The highest BCUT2D eigenvalue weighted by atomic mass is 16.5. The summed E-state index contributed by atoms with van der Waals surface area (Å²) >= 11 is 0. The van der Waals surface area contributed by atoms with E-state index in [-0.39, 0.29) is 0 Å². The van der Waals surface area contributed by atoms with Crippen LogP contribution in [0.3, 0.4) is 0 Å². The van der Waals surface area contributed by atoms with Crippen LogP contribution in [0.1, 0.15) is 12.5 Å². The molecular formula is C18H24N4O. The molecule has 2 aromatic rings. The van der Waals surface area contributed by atoms with E-state index in [0.717, 1.165) is 44.3 Å². The molecule has 1 aromatic carbocycles. The van der Waals surface area contributed by atoms with Crippen molar-refractivity contribution in [3.63, 3.8) is 0 Å². The Kier molecular flexibility index (Phi) is 5.08. The summed E-state index contributed by atoms with van der Waals surface area (Å²) in [5, 5.41) is 0. The number of nitrogens with zero attached hydrogens (tertiary/aromatic N) is 4. The average Bonchev–Trinajstić information content (AvgIpc) is 2.63. The molecule has 1 aliphatic rings. The van der Waals surface area contributed by atoms with Crippen molar-refractivity contribution >= 4 is 5.95 Å². The summed E-state index contributed by atoms with van der Waals surface area (Å²) in [6, 6.07) is 10.8. The summed E-state index contributed by atoms with van der Waals surface area (Å²) in [4.78, 5) is 13.5. The van der Waals surface area contributed by atoms with Crippen molar-refractivity contribution in [2.45, 2.75) is 19.4 Å². The van der Waals surface area contributed by atoms with Crippen LogP contribution in [-0.4, -0.2) is 54.2 Å². The maximum absolute atomic E-state index is 5.22. The Hall–Kier alpha value is -2.14. The van der Waals surface area contributed by atoms with Crippen molar-refractivity contribution in [3.8, 4) is 5.75 Å². The van der Waals surface area contributed by atoms with E-state index >= 15 is 0 Å². The fourth-order valence-corrected chi connectivity index (χ4v) is 3.05. The number of methoxy groups -OCH3 is 1. The lowest BCUT2D eigenvalue weighted by atomic mass is 10.1. The van der Waals surface area contributed by atoms with Gasteiger partial charge in [-0.15, -0.1) is 0 Å². The molecule has 0 aliphatic carbocycles. The summed E-state index contributed by atoms with van der Waals surface area (Å²) in [5.74, 6) is 1.76. The number of benzene rings is 1. The summed E-state index contributed by atoms with van der Waals surface area (Å²) in [7, 11) is 1.70. The second kappa shape index (κ2) is 7.42. The predicted molar refractivity (Wildman–Crippen MR) is 92.0 cm³/mol. The van der Waals surface area contributed by atoms with E-state index in [1.54, 1.807) is 19.5 Å². The average molecular weight is 312 g/mol. The van der Waals surface area contributed by atoms with Gasteiger partial charge >= 0.3 is 0 Å². The SMILES string of the molecule is COc1ccc(C[C@@H](C)N2CCN(c3ncccn3)CC2)cc1. The lowest BCUT2D eigenvalue weighted by Gasteiger charge is -2.38. The lowest BCUT2D eigenvalue weighted by molar-refractivity contribution is 0.195. The van der Waals surface area contributed by atoms with E-state index in [9.17, 15) is 0 Å². The number of ether oxygens (including phenoxy) is 1. The first kappa shape index (κ1) is 15.7. The van der Waals surface area contributed by atoms with Gasteiger partial charge in [0.1, 0.15) is 5.75 Å². The van der Waals surface area contributed by atoms with Gasteiger partial charge in [0.15, 0.2) is 0 Å². The van der Waals surface area contributed by atoms with Crippen LogP contribution in [0.4, 0.5) is 5.95 Å². The molecule has 1 fully saturated rings. The molecule has 0 N–H and O–H groups in total. The van der Waals surface area contributed by atoms with Crippen LogP contribution in [-0.2, 0) is 6.42 Å². The molecule has 1 saturated heterocycles. The lowest BCUT2D eigenvalue weighted by Crippen LogP contribution is -2.50. The number of anilines is 1. The van der Waals surface area contributed by atoms with Gasteiger partial charge in [0.25, 0.3) is 0 Å². The van der Waals surface area contributed by atoms with Crippen LogP contribution in [0.25, 0.3) is 0 Å². The van der Waals surface area contributed by atoms with E-state index in [1.807, 2.05) is 18.2 Å². The molecule has 1 atom stereocenters. The molecule has 3 rings (SSSR count). The van der Waals surface area contributed by atoms with Crippen LogP contribution in [0, 0.1) is 0 Å². The van der Waals surface area contributed by atoms with Crippen LogP contribution in [0.15, 0.2) is 42.7 Å². The standard InChI is InChI=1S/C18H24N4O/c1-15(14-16-4-6-17(23-2)7-5-16)21-10-12-22(13-11-21)18-19-8-3-9-20-18/h3-9,15H,10-14H2,1-2H3/t15-/m1/s1. The van der Waals surface area contributed by atoms with E-state index < -0.39 is 0 Å². The fraction of sp³-hybridized carbons (Fsp3) is 0.444. The second-order valence-electron chi connectivity index (χ2n) is 5.97. The highest BCUT2D eigenvalue weighted by Gasteiger charge is 2.22. The van der Waals surface area contributed by atoms with Crippen molar-refractivity contribution in [2.24, 2.45) is 0 Å². The normalized spacial score (nSPS) is 17.0. The smallest absolute Gasteiger partial charge is 0.225 e. The summed E-state index contributed by atoms with van der Waals surface area (Å²) in [6.07, 6.45) is 4.67. The largest absolute Gasteiger partial charge is 0.497 e. The quantitative estimate of drug-likeness (QED) is 0.847. The van der Waals surface area contributed by atoms with E-state index in [2.05, 4.69) is 38.8 Å². The molecule has 23 heavy (non-hydrogen) atoms. The molecule has 0 amide bonds. The van der Waals surface area contributed by atoms with Gasteiger partial charge in [0.2, 0.25) is 5.95 Å². The Labute approximate surface area is 137 Å². The Morgan fingerprint density at radius 3 is 2.30 bits per heavy atom. The Balaban J connectivity index is 1.52. The Morgan fingerprint density at radius 2 is 1.70 bits per heavy atom. The van der Waals surface area contributed by atoms with Gasteiger partial charge in [-0.1, -0.05) is 12.1 Å². The van der Waals surface area contributed by atoms with Crippen LogP contribution >= 0.6 is 0 Å². The maximum Gasteiger partial charge on any atom is 0.225 e. The van der Waals surface area contributed by atoms with Gasteiger partial charge in [-0.2, -0.15) is 0 Å². The topological polar surface area (TPSA) is 41.5 Å². The predicted octanol–water partition coefficient (Wildman–Crippen LogP) is 2.24. The minimum Gasteiger partial charge on any atom is -0.497 e. The molecule has 5 heteroatoms. The molecule has 0 spiro atoms. The van der Waals surface area contributed by atoms with Gasteiger partial charge in [0.05, 0.1) is 7.11 Å². The van der Waals surface area contributed by atoms with Gasteiger partial charge in [0, 0.05) is 44.6 Å². The highest BCUT2D eigenvalue weighted by Crippen LogP contribution is 2.17. The molecule has 0 saturated carbocycles. The molecule has 0 radical (unpaired) electrons. The number of aromatic nitrogens is 2. The van der Waals surface area contributed by atoms with E-state index in [0.29, 0.717) is 6.04 Å². The first-order valence-electron chi connectivity index (χ1n) is 8.15. The highest BCUT2D eigenvalue weighted by molar-refractivity contribution is 5.30. The number of hydrogen-bond donors (Lipinski definition) is 0. The molecule has 0 bridgehead atoms. The third kappa shape index (κ3) is 3.99. The van der Waals surface area contributed by atoms with E-state index in [4.69, 9.17) is 4.74 Å². The van der Waals surface area contributed by atoms with Crippen LogP contribution < -0.4 is 9.64 Å². The fourth-order valence-electron chi connectivity index (χ4n) is 3.05. The van der Waals surface area contributed by atoms with Crippen molar-refractivity contribution < 1.29 is 4.74 Å². The first-order valence-corrected chi connectivity index (χ1v) is 8.15. The molecule has 1 aromatic heterocycles. The zero-order chi connectivity index (χ0) is 16.1. The van der Waals surface area contributed by atoms with Gasteiger partial charge in [-0.05, 0) is 37.1 Å². The van der Waals surface area contributed by atoms with Gasteiger partial charge in [-0.25, -0.2) is 9.97 Å². The zero-order valence-corrected chi connectivity index (χ0v) is 13.9. The first-order chi connectivity index (χ1) is 11.3. The van der Waals surface area contributed by atoms with Gasteiger partial charge in [-0.3, -0.25) is 4.90 Å². The Bertz CT molecular complexity index is 594. The monoisotopic (exact) mass is 312 g/mol. The van der Waals surface area contributed by atoms with E-state index in [1.165, 1.54) is 5.56 Å². The summed E-state index contributed by atoms with van der Waals surface area (Å²) < 4.78 is 5.22. The van der Waals surface area contributed by atoms with Crippen LogP contribution in [0.5, 0.6) is 5.75 Å². The number of rotatable bonds is 5. The molecule has 122 valence electrons. The number of piperazine rings is 1.